The molecule has 0 saturated carbocycles. The zero-order chi connectivity index (χ0) is 15.4. The molecule has 2 heterocycles. The van der Waals surface area contributed by atoms with Gasteiger partial charge in [-0.15, -0.1) is 0 Å². The number of nitrogens with zero attached hydrogens (tertiary/aromatic N) is 5. The molecule has 1 aliphatic heterocycles. The van der Waals surface area contributed by atoms with Crippen LogP contribution < -0.4 is 10.2 Å². The van der Waals surface area contributed by atoms with Crippen molar-refractivity contribution in [3.63, 3.8) is 0 Å². The quantitative estimate of drug-likeness (QED) is 0.636. The molecular formula is C13H19BrN6O. The van der Waals surface area contributed by atoms with Gasteiger partial charge in [-0.25, -0.2) is 0 Å². The molecule has 1 fully saturated rings. The normalized spacial score (nSPS) is 16.3. The number of amides is 1. The number of anilines is 1. The van der Waals surface area contributed by atoms with Gasteiger partial charge in [0.25, 0.3) is 0 Å². The van der Waals surface area contributed by atoms with Crippen LogP contribution in [0.3, 0.4) is 0 Å². The van der Waals surface area contributed by atoms with E-state index in [1.807, 2.05) is 18.1 Å². The highest BCUT2D eigenvalue weighted by atomic mass is 79.9. The number of guanidine groups is 1. The number of aromatic nitrogens is 2. The average Bonchev–Trinajstić information content (AvgIpc) is 2.85. The molecule has 0 bridgehead atoms. The van der Waals surface area contributed by atoms with E-state index in [4.69, 9.17) is 0 Å². The van der Waals surface area contributed by atoms with Crippen molar-refractivity contribution in [2.45, 2.75) is 0 Å². The average molecular weight is 355 g/mol. The van der Waals surface area contributed by atoms with Crippen molar-refractivity contribution < 1.29 is 4.79 Å². The molecule has 1 aromatic heterocycles. The van der Waals surface area contributed by atoms with E-state index < -0.39 is 0 Å². The Kier molecular flexibility index (Phi) is 5.00. The van der Waals surface area contributed by atoms with Gasteiger partial charge < -0.3 is 15.1 Å². The Labute approximate surface area is 132 Å². The number of nitrogens with one attached hydrogen (secondary N) is 1. The number of hydrogen-bond donors (Lipinski definition) is 1. The number of rotatable bonds is 3. The Morgan fingerprint density at radius 2 is 2.33 bits per heavy atom. The Hall–Kier alpha value is -1.83. The summed E-state index contributed by atoms with van der Waals surface area (Å²) in [7, 11) is 3.54. The molecule has 8 heteroatoms. The lowest BCUT2D eigenvalue weighted by atomic mass is 10.3. The Balaban J connectivity index is 1.99. The first-order valence-electron chi connectivity index (χ1n) is 6.59. The van der Waals surface area contributed by atoms with Crippen LogP contribution in [0.4, 0.5) is 5.69 Å². The molecule has 0 radical (unpaired) electrons. The van der Waals surface area contributed by atoms with Crippen LogP contribution in [0.2, 0.25) is 0 Å². The molecule has 2 rings (SSSR count). The van der Waals surface area contributed by atoms with Crippen LogP contribution in [-0.4, -0.2) is 59.8 Å². The fraction of sp³-hybridized carbons (Fsp3) is 0.462. The van der Waals surface area contributed by atoms with Crippen LogP contribution in [0, 0.1) is 0 Å². The lowest BCUT2D eigenvalue weighted by Crippen LogP contribution is -2.55. The first-order chi connectivity index (χ1) is 10.0. The molecular weight excluding hydrogens is 336 g/mol. The zero-order valence-corrected chi connectivity index (χ0v) is 13.8. The fourth-order valence-corrected chi connectivity index (χ4v) is 2.32. The van der Waals surface area contributed by atoms with Crippen molar-refractivity contribution in [1.82, 2.24) is 20.0 Å². The van der Waals surface area contributed by atoms with Crippen LogP contribution >= 0.6 is 15.9 Å². The third kappa shape index (κ3) is 3.84. The lowest BCUT2D eigenvalue weighted by molar-refractivity contribution is -0.120. The first-order valence-corrected chi connectivity index (χ1v) is 7.38. The fourth-order valence-electron chi connectivity index (χ4n) is 2.18. The van der Waals surface area contributed by atoms with E-state index >= 15 is 0 Å². The van der Waals surface area contributed by atoms with Crippen molar-refractivity contribution in [3.8, 4) is 0 Å². The summed E-state index contributed by atoms with van der Waals surface area (Å²) in [5.74, 6) is 0.740. The molecule has 1 amide bonds. The van der Waals surface area contributed by atoms with Crippen molar-refractivity contribution in [2.75, 3.05) is 38.1 Å². The Morgan fingerprint density at radius 1 is 1.57 bits per heavy atom. The smallest absolute Gasteiger partial charge is 0.246 e. The van der Waals surface area contributed by atoms with Crippen molar-refractivity contribution in [1.29, 1.82) is 0 Å². The van der Waals surface area contributed by atoms with Gasteiger partial charge >= 0.3 is 0 Å². The molecule has 1 saturated heterocycles. The van der Waals surface area contributed by atoms with E-state index in [2.05, 4.69) is 37.9 Å². The highest BCUT2D eigenvalue weighted by Crippen LogP contribution is 2.16. The summed E-state index contributed by atoms with van der Waals surface area (Å²) in [5, 5.41) is 7.26. The molecule has 0 aliphatic carbocycles. The SMILES string of the molecule is C=C(Br)CNC(=NC)N1CCN(c2cnn(C)c2)C(=O)C1. The maximum atomic E-state index is 12.3. The summed E-state index contributed by atoms with van der Waals surface area (Å²) in [6.07, 6.45) is 3.55. The summed E-state index contributed by atoms with van der Waals surface area (Å²) in [6.45, 7) is 5.97. The second-order valence-corrected chi connectivity index (χ2v) is 5.88. The van der Waals surface area contributed by atoms with Gasteiger partial charge in [-0.2, -0.15) is 5.10 Å². The Bertz CT molecular complexity index is 567. The largest absolute Gasteiger partial charge is 0.352 e. The predicted octanol–water partition coefficient (Wildman–Crippen LogP) is 0.553. The van der Waals surface area contributed by atoms with Gasteiger partial charge in [0, 0.05) is 44.4 Å². The van der Waals surface area contributed by atoms with Gasteiger partial charge in [0.1, 0.15) is 6.54 Å². The molecule has 1 aliphatic rings. The topological polar surface area (TPSA) is 65.8 Å². The van der Waals surface area contributed by atoms with Crippen molar-refractivity contribution >= 4 is 33.5 Å². The van der Waals surface area contributed by atoms with Crippen molar-refractivity contribution in [3.05, 3.63) is 23.5 Å². The van der Waals surface area contributed by atoms with Gasteiger partial charge in [0.05, 0.1) is 11.9 Å². The Morgan fingerprint density at radius 3 is 2.86 bits per heavy atom. The number of halogens is 1. The van der Waals surface area contributed by atoms with Crippen molar-refractivity contribution in [2.24, 2.45) is 12.0 Å². The number of aliphatic imine (C=N–C) groups is 1. The molecule has 1 N–H and O–H groups in total. The number of carbonyl (C=O) groups is 1. The molecule has 0 unspecified atom stereocenters. The monoisotopic (exact) mass is 354 g/mol. The molecule has 1 aromatic rings. The molecule has 7 nitrogen and oxygen atoms in total. The van der Waals surface area contributed by atoms with Gasteiger partial charge in [0.15, 0.2) is 5.96 Å². The van der Waals surface area contributed by atoms with Gasteiger partial charge in [0.2, 0.25) is 5.91 Å². The summed E-state index contributed by atoms with van der Waals surface area (Å²) in [6, 6.07) is 0. The predicted molar refractivity (Wildman–Crippen MR) is 86.6 cm³/mol. The highest BCUT2D eigenvalue weighted by Gasteiger charge is 2.27. The van der Waals surface area contributed by atoms with E-state index in [0.29, 0.717) is 25.6 Å². The third-order valence-corrected chi connectivity index (χ3v) is 3.45. The van der Waals surface area contributed by atoms with E-state index in [9.17, 15) is 4.79 Å². The lowest BCUT2D eigenvalue weighted by Gasteiger charge is -2.35. The standard InChI is InChI=1S/C13H19BrN6O/c1-10(14)6-16-13(15-2)19-4-5-20(12(21)9-19)11-7-17-18(3)8-11/h7-8H,1,4-6,9H2,2-3H3,(H,15,16). The minimum Gasteiger partial charge on any atom is -0.352 e. The number of hydrogen-bond acceptors (Lipinski definition) is 3. The number of carbonyl (C=O) groups excluding carboxylic acids is 1. The van der Waals surface area contributed by atoms with Crippen LogP contribution in [0.5, 0.6) is 0 Å². The molecule has 0 spiro atoms. The zero-order valence-electron chi connectivity index (χ0n) is 12.2. The van der Waals surface area contributed by atoms with Crippen LogP contribution in [0.1, 0.15) is 0 Å². The maximum absolute atomic E-state index is 12.3. The van der Waals surface area contributed by atoms with Crippen LogP contribution in [0.15, 0.2) is 28.4 Å². The molecule has 0 atom stereocenters. The summed E-state index contributed by atoms with van der Waals surface area (Å²) in [5.41, 5.74) is 0.832. The van der Waals surface area contributed by atoms with Crippen LogP contribution in [0.25, 0.3) is 0 Å². The van der Waals surface area contributed by atoms with E-state index in [1.165, 1.54) is 0 Å². The van der Waals surface area contributed by atoms with Crippen LogP contribution in [-0.2, 0) is 11.8 Å². The first kappa shape index (κ1) is 15.6. The van der Waals surface area contributed by atoms with E-state index in [1.54, 1.807) is 22.8 Å². The second kappa shape index (κ2) is 6.75. The number of aryl methyl sites for hydroxylation is 1. The minimum absolute atomic E-state index is 0.0369. The molecule has 21 heavy (non-hydrogen) atoms. The molecule has 0 aromatic carbocycles. The summed E-state index contributed by atoms with van der Waals surface area (Å²) < 4.78 is 2.53. The van der Waals surface area contributed by atoms with E-state index in [-0.39, 0.29) is 5.91 Å². The highest BCUT2D eigenvalue weighted by molar-refractivity contribution is 9.11. The van der Waals surface area contributed by atoms with Gasteiger partial charge in [-0.3, -0.25) is 14.5 Å². The minimum atomic E-state index is 0.0369. The van der Waals surface area contributed by atoms with Gasteiger partial charge in [-0.1, -0.05) is 22.5 Å². The van der Waals surface area contributed by atoms with E-state index in [0.717, 1.165) is 16.7 Å². The third-order valence-electron chi connectivity index (χ3n) is 3.17. The molecule has 114 valence electrons. The summed E-state index contributed by atoms with van der Waals surface area (Å²) >= 11 is 3.30. The maximum Gasteiger partial charge on any atom is 0.246 e. The summed E-state index contributed by atoms with van der Waals surface area (Å²) in [4.78, 5) is 20.2. The van der Waals surface area contributed by atoms with Gasteiger partial charge in [-0.05, 0) is 0 Å². The second-order valence-electron chi connectivity index (χ2n) is 4.76. The number of piperazine rings is 1.